The number of morpholine rings is 1. The molecule has 0 radical (unpaired) electrons. The van der Waals surface area contributed by atoms with Crippen molar-refractivity contribution < 1.29 is 22.7 Å². The third-order valence-electron chi connectivity index (χ3n) is 5.57. The highest BCUT2D eigenvalue weighted by Crippen LogP contribution is 2.31. The molecule has 168 valence electrons. The van der Waals surface area contributed by atoms with Gasteiger partial charge in [0.1, 0.15) is 11.8 Å². The highest BCUT2D eigenvalue weighted by molar-refractivity contribution is 5.94. The first-order valence-electron chi connectivity index (χ1n) is 10.4. The number of ether oxygens (including phenoxy) is 1. The summed E-state index contributed by atoms with van der Waals surface area (Å²) in [6, 6.07) is 16.6. The van der Waals surface area contributed by atoms with Crippen LogP contribution in [0.25, 0.3) is 17.0 Å². The molecule has 1 fully saturated rings. The monoisotopic (exact) mass is 452 g/mol. The second-order valence-electron chi connectivity index (χ2n) is 7.71. The van der Waals surface area contributed by atoms with E-state index in [1.807, 2.05) is 18.2 Å². The van der Waals surface area contributed by atoms with Gasteiger partial charge in [-0.25, -0.2) is 9.97 Å². The van der Waals surface area contributed by atoms with Crippen LogP contribution in [-0.4, -0.2) is 44.9 Å². The number of hydrogen-bond acceptors (Lipinski definition) is 4. The zero-order chi connectivity index (χ0) is 23.0. The molecule has 1 atom stereocenters. The molecule has 9 heteroatoms. The molecule has 4 heterocycles. The summed E-state index contributed by atoms with van der Waals surface area (Å²) in [5, 5.41) is 0. The molecule has 1 aliphatic heterocycles. The quantitative estimate of drug-likeness (QED) is 0.455. The smallest absolute Gasteiger partial charge is 0.368 e. The lowest BCUT2D eigenvalue weighted by Gasteiger charge is -2.32. The molecule has 33 heavy (non-hydrogen) atoms. The van der Waals surface area contributed by atoms with E-state index in [0.717, 1.165) is 12.3 Å². The second kappa shape index (κ2) is 8.32. The molecule has 0 N–H and O–H groups in total. The Bertz CT molecular complexity index is 1300. The fourth-order valence-electron chi connectivity index (χ4n) is 3.89. The molecular weight excluding hydrogens is 433 g/mol. The van der Waals surface area contributed by atoms with Crippen LogP contribution >= 0.6 is 0 Å². The second-order valence-corrected chi connectivity index (χ2v) is 7.71. The number of amides is 1. The number of pyridine rings is 2. The van der Waals surface area contributed by atoms with Gasteiger partial charge in [0.05, 0.1) is 42.0 Å². The van der Waals surface area contributed by atoms with Gasteiger partial charge in [-0.1, -0.05) is 24.3 Å². The van der Waals surface area contributed by atoms with Crippen molar-refractivity contribution in [2.75, 3.05) is 19.7 Å². The Kier molecular flexibility index (Phi) is 5.33. The number of fused-ring (bicyclic) bond motifs is 1. The van der Waals surface area contributed by atoms with Crippen LogP contribution < -0.4 is 0 Å². The van der Waals surface area contributed by atoms with Gasteiger partial charge in [-0.2, -0.15) is 13.2 Å². The van der Waals surface area contributed by atoms with E-state index < -0.39 is 17.8 Å². The van der Waals surface area contributed by atoms with E-state index in [0.29, 0.717) is 48.0 Å². The molecule has 0 aliphatic carbocycles. The van der Waals surface area contributed by atoms with Crippen molar-refractivity contribution in [3.8, 4) is 11.4 Å². The molecule has 1 amide bonds. The summed E-state index contributed by atoms with van der Waals surface area (Å²) in [6.07, 6.45) is -2.40. The van der Waals surface area contributed by atoms with Crippen LogP contribution in [0, 0.1) is 0 Å². The SMILES string of the molecule is O=C(c1ccccc1)N1CCO[C@@H](c2cccc(-c3cnc4ccc(C(F)(F)F)cn34)n2)C1. The minimum absolute atomic E-state index is 0.0819. The fourth-order valence-corrected chi connectivity index (χ4v) is 3.89. The van der Waals surface area contributed by atoms with Crippen LogP contribution in [0.1, 0.15) is 27.7 Å². The number of carbonyl (C=O) groups is 1. The van der Waals surface area contributed by atoms with Crippen molar-refractivity contribution in [2.45, 2.75) is 12.3 Å². The van der Waals surface area contributed by atoms with Crippen molar-refractivity contribution in [3.63, 3.8) is 0 Å². The number of nitrogens with zero attached hydrogens (tertiary/aromatic N) is 4. The summed E-state index contributed by atoms with van der Waals surface area (Å²) in [4.78, 5) is 23.4. The molecule has 5 rings (SSSR count). The van der Waals surface area contributed by atoms with Gasteiger partial charge in [-0.05, 0) is 36.4 Å². The van der Waals surface area contributed by atoms with Crippen molar-refractivity contribution in [3.05, 3.63) is 89.9 Å². The zero-order valence-corrected chi connectivity index (χ0v) is 17.4. The fraction of sp³-hybridized carbons (Fsp3) is 0.208. The molecule has 1 aromatic carbocycles. The number of hydrogen-bond donors (Lipinski definition) is 0. The summed E-state index contributed by atoms with van der Waals surface area (Å²) in [5.74, 6) is -0.0819. The van der Waals surface area contributed by atoms with Crippen LogP contribution in [0.3, 0.4) is 0 Å². The summed E-state index contributed by atoms with van der Waals surface area (Å²) >= 11 is 0. The van der Waals surface area contributed by atoms with Gasteiger partial charge >= 0.3 is 6.18 Å². The number of halogens is 3. The molecule has 0 bridgehead atoms. The van der Waals surface area contributed by atoms with E-state index >= 15 is 0 Å². The third kappa shape index (κ3) is 4.19. The molecule has 4 aromatic rings. The maximum atomic E-state index is 13.2. The largest absolute Gasteiger partial charge is 0.417 e. The van der Waals surface area contributed by atoms with Crippen LogP contribution in [-0.2, 0) is 10.9 Å². The van der Waals surface area contributed by atoms with Crippen LogP contribution in [0.4, 0.5) is 13.2 Å². The summed E-state index contributed by atoms with van der Waals surface area (Å²) in [5.41, 5.74) is 1.72. The molecule has 3 aromatic heterocycles. The first-order valence-corrected chi connectivity index (χ1v) is 10.4. The molecular formula is C24H19F3N4O2. The Morgan fingerprint density at radius 3 is 2.64 bits per heavy atom. The molecule has 0 spiro atoms. The predicted octanol–water partition coefficient (Wildman–Crippen LogP) is 4.63. The first-order chi connectivity index (χ1) is 15.9. The van der Waals surface area contributed by atoms with E-state index in [9.17, 15) is 18.0 Å². The predicted molar refractivity (Wildman–Crippen MR) is 114 cm³/mol. The standard InChI is InChI=1S/C24H19F3N4O2/c25-24(26,27)17-9-10-22-28-13-20(31(22)14-17)18-7-4-8-19(29-18)21-15-30(11-12-33-21)23(32)16-5-2-1-3-6-16/h1-10,13-14,21H,11-12,15H2/t21-/m1/s1. The Hall–Kier alpha value is -3.72. The van der Waals surface area contributed by atoms with Crippen LogP contribution in [0.2, 0.25) is 0 Å². The van der Waals surface area contributed by atoms with Crippen LogP contribution in [0.15, 0.2) is 73.1 Å². The average molecular weight is 452 g/mol. The van der Waals surface area contributed by atoms with Gasteiger partial charge in [-0.15, -0.1) is 0 Å². The van der Waals surface area contributed by atoms with Gasteiger partial charge in [0.25, 0.3) is 5.91 Å². The lowest BCUT2D eigenvalue weighted by molar-refractivity contribution is -0.137. The highest BCUT2D eigenvalue weighted by Gasteiger charge is 2.31. The van der Waals surface area contributed by atoms with E-state index in [4.69, 9.17) is 4.74 Å². The van der Waals surface area contributed by atoms with Gasteiger partial charge in [-0.3, -0.25) is 9.20 Å². The number of rotatable bonds is 3. The van der Waals surface area contributed by atoms with Crippen molar-refractivity contribution in [1.82, 2.24) is 19.3 Å². The van der Waals surface area contributed by atoms with E-state index in [1.54, 1.807) is 35.2 Å². The van der Waals surface area contributed by atoms with Gasteiger partial charge < -0.3 is 9.64 Å². The average Bonchev–Trinajstić information content (AvgIpc) is 3.27. The number of benzene rings is 1. The minimum atomic E-state index is -4.46. The van der Waals surface area contributed by atoms with Crippen molar-refractivity contribution >= 4 is 11.6 Å². The van der Waals surface area contributed by atoms with E-state index in [-0.39, 0.29) is 5.91 Å². The number of alkyl halides is 3. The Morgan fingerprint density at radius 2 is 1.85 bits per heavy atom. The number of aromatic nitrogens is 3. The maximum absolute atomic E-state index is 13.2. The first kappa shape index (κ1) is 21.1. The summed E-state index contributed by atoms with van der Waals surface area (Å²) < 4.78 is 46.8. The topological polar surface area (TPSA) is 59.7 Å². The van der Waals surface area contributed by atoms with Gasteiger partial charge in [0, 0.05) is 18.3 Å². The van der Waals surface area contributed by atoms with Gasteiger partial charge in [0.15, 0.2) is 0 Å². The Labute approximate surface area is 187 Å². The zero-order valence-electron chi connectivity index (χ0n) is 17.4. The summed E-state index contributed by atoms with van der Waals surface area (Å²) in [6.45, 7) is 1.16. The third-order valence-corrected chi connectivity index (χ3v) is 5.57. The van der Waals surface area contributed by atoms with E-state index in [1.165, 1.54) is 16.7 Å². The summed E-state index contributed by atoms with van der Waals surface area (Å²) in [7, 11) is 0. The molecule has 0 unspecified atom stereocenters. The maximum Gasteiger partial charge on any atom is 0.417 e. The lowest BCUT2D eigenvalue weighted by atomic mass is 10.1. The Morgan fingerprint density at radius 1 is 1.03 bits per heavy atom. The van der Waals surface area contributed by atoms with Crippen molar-refractivity contribution in [1.29, 1.82) is 0 Å². The lowest BCUT2D eigenvalue weighted by Crippen LogP contribution is -2.42. The number of imidazole rings is 1. The van der Waals surface area contributed by atoms with Crippen LogP contribution in [0.5, 0.6) is 0 Å². The Balaban J connectivity index is 1.43. The van der Waals surface area contributed by atoms with Gasteiger partial charge in [0.2, 0.25) is 0 Å². The molecule has 6 nitrogen and oxygen atoms in total. The normalized spacial score (nSPS) is 16.8. The van der Waals surface area contributed by atoms with E-state index in [2.05, 4.69) is 9.97 Å². The highest BCUT2D eigenvalue weighted by atomic mass is 19.4. The minimum Gasteiger partial charge on any atom is -0.368 e. The molecule has 1 aliphatic rings. The molecule has 0 saturated carbocycles. The molecule has 1 saturated heterocycles. The van der Waals surface area contributed by atoms with Crippen molar-refractivity contribution in [2.24, 2.45) is 0 Å². The number of carbonyl (C=O) groups excluding carboxylic acids is 1.